The van der Waals surface area contributed by atoms with Crippen molar-refractivity contribution in [2.75, 3.05) is 11.1 Å². The third-order valence-electron chi connectivity index (χ3n) is 2.29. The topological polar surface area (TPSA) is 94.1 Å². The van der Waals surface area contributed by atoms with Crippen LogP contribution in [0.5, 0.6) is 0 Å². The maximum atomic E-state index is 10.6. The number of benzene rings is 1. The van der Waals surface area contributed by atoms with E-state index >= 15 is 0 Å². The molecular formula is C11H8Br2N4O2. The van der Waals surface area contributed by atoms with Crippen molar-refractivity contribution in [3.63, 3.8) is 0 Å². The highest BCUT2D eigenvalue weighted by atomic mass is 79.9. The Morgan fingerprint density at radius 3 is 2.58 bits per heavy atom. The van der Waals surface area contributed by atoms with Gasteiger partial charge in [0, 0.05) is 15.0 Å². The van der Waals surface area contributed by atoms with Crippen LogP contribution < -0.4 is 11.1 Å². The van der Waals surface area contributed by atoms with Gasteiger partial charge in [0.05, 0.1) is 10.6 Å². The summed E-state index contributed by atoms with van der Waals surface area (Å²) in [5.74, 6) is 0.314. The molecule has 3 N–H and O–H groups in total. The average Bonchev–Trinajstić information content (AvgIpc) is 2.32. The van der Waals surface area contributed by atoms with Crippen molar-refractivity contribution in [1.82, 2.24) is 4.98 Å². The molecule has 0 aliphatic heterocycles. The van der Waals surface area contributed by atoms with Gasteiger partial charge in [0.2, 0.25) is 5.82 Å². The normalized spacial score (nSPS) is 10.2. The van der Waals surface area contributed by atoms with Crippen LogP contribution in [0.3, 0.4) is 0 Å². The molecule has 19 heavy (non-hydrogen) atoms. The second-order valence-electron chi connectivity index (χ2n) is 3.61. The summed E-state index contributed by atoms with van der Waals surface area (Å²) in [5.41, 5.74) is 6.10. The Morgan fingerprint density at radius 1 is 1.26 bits per heavy atom. The van der Waals surface area contributed by atoms with Crippen LogP contribution in [0, 0.1) is 10.1 Å². The zero-order valence-corrected chi connectivity index (χ0v) is 12.6. The number of nitro groups is 1. The fourth-order valence-corrected chi connectivity index (χ4v) is 2.57. The van der Waals surface area contributed by atoms with Crippen molar-refractivity contribution in [2.24, 2.45) is 0 Å². The number of hydrogen-bond donors (Lipinski definition) is 2. The predicted octanol–water partition coefficient (Wildman–Crippen LogP) is 3.84. The number of rotatable bonds is 3. The van der Waals surface area contributed by atoms with Gasteiger partial charge in [0.1, 0.15) is 5.82 Å². The highest BCUT2D eigenvalue weighted by Gasteiger charge is 2.13. The van der Waals surface area contributed by atoms with Crippen LogP contribution in [0.2, 0.25) is 0 Å². The summed E-state index contributed by atoms with van der Waals surface area (Å²) < 4.78 is 1.77. The summed E-state index contributed by atoms with van der Waals surface area (Å²) in [7, 11) is 0. The first kappa shape index (κ1) is 13.8. The lowest BCUT2D eigenvalue weighted by Gasteiger charge is -2.08. The molecule has 0 fully saturated rings. The summed E-state index contributed by atoms with van der Waals surface area (Å²) in [5, 5.41) is 13.7. The Kier molecular flexibility index (Phi) is 4.01. The van der Waals surface area contributed by atoms with E-state index in [9.17, 15) is 10.1 Å². The highest BCUT2D eigenvalue weighted by Crippen LogP contribution is 2.29. The molecule has 1 aromatic heterocycles. The molecule has 0 aliphatic rings. The largest absolute Gasteiger partial charge is 0.378 e. The number of halogens is 2. The minimum Gasteiger partial charge on any atom is -0.378 e. The fraction of sp³-hybridized carbons (Fsp3) is 0. The van der Waals surface area contributed by atoms with Gasteiger partial charge in [-0.2, -0.15) is 0 Å². The van der Waals surface area contributed by atoms with Crippen molar-refractivity contribution in [3.05, 3.63) is 49.4 Å². The monoisotopic (exact) mass is 386 g/mol. The molecule has 0 saturated heterocycles. The lowest BCUT2D eigenvalue weighted by Crippen LogP contribution is -2.01. The predicted molar refractivity (Wildman–Crippen MR) is 80.4 cm³/mol. The number of hydrogen-bond acceptors (Lipinski definition) is 5. The average molecular weight is 388 g/mol. The van der Waals surface area contributed by atoms with Crippen molar-refractivity contribution >= 4 is 54.9 Å². The lowest BCUT2D eigenvalue weighted by molar-refractivity contribution is -0.384. The van der Waals surface area contributed by atoms with E-state index in [1.807, 2.05) is 18.2 Å². The molecule has 0 atom stereocenters. The lowest BCUT2D eigenvalue weighted by atomic mass is 10.3. The second kappa shape index (κ2) is 5.54. The van der Waals surface area contributed by atoms with E-state index in [4.69, 9.17) is 5.73 Å². The van der Waals surface area contributed by atoms with E-state index in [-0.39, 0.29) is 11.5 Å². The first-order valence-electron chi connectivity index (χ1n) is 5.10. The van der Waals surface area contributed by atoms with Gasteiger partial charge in [0.25, 0.3) is 0 Å². The summed E-state index contributed by atoms with van der Waals surface area (Å²) in [4.78, 5) is 14.0. The van der Waals surface area contributed by atoms with E-state index in [1.165, 1.54) is 12.1 Å². The quantitative estimate of drug-likeness (QED) is 0.616. The maximum absolute atomic E-state index is 10.6. The molecule has 98 valence electrons. The Bertz CT molecular complexity index is 649. The third-order valence-corrected chi connectivity index (χ3v) is 3.44. The summed E-state index contributed by atoms with van der Waals surface area (Å²) >= 11 is 6.75. The van der Waals surface area contributed by atoms with Crippen LogP contribution in [-0.4, -0.2) is 9.91 Å². The molecule has 1 aromatic carbocycles. The minimum atomic E-state index is -0.568. The van der Waals surface area contributed by atoms with Gasteiger partial charge >= 0.3 is 5.69 Å². The van der Waals surface area contributed by atoms with Gasteiger partial charge in [-0.15, -0.1) is 0 Å². The number of nitrogens with one attached hydrogen (secondary N) is 1. The van der Waals surface area contributed by atoms with Gasteiger partial charge in [-0.05, 0) is 40.2 Å². The van der Waals surface area contributed by atoms with Crippen LogP contribution >= 0.6 is 31.9 Å². The number of pyridine rings is 1. The smallest absolute Gasteiger partial charge is 0.311 e. The molecule has 0 unspecified atom stereocenters. The molecule has 2 aromatic rings. The standard InChI is InChI=1S/C11H8Br2N4O2/c12-6-1-2-8(7(13)5-6)15-10-4-3-9(17(18)19)11(14)16-10/h1-5H,(H3,14,15,16). The van der Waals surface area contributed by atoms with E-state index in [0.717, 1.165) is 14.6 Å². The van der Waals surface area contributed by atoms with E-state index < -0.39 is 4.92 Å². The molecule has 8 heteroatoms. The Labute approximate surface area is 125 Å². The highest BCUT2D eigenvalue weighted by molar-refractivity contribution is 9.11. The van der Waals surface area contributed by atoms with Gasteiger partial charge in [0.15, 0.2) is 0 Å². The molecule has 0 radical (unpaired) electrons. The van der Waals surface area contributed by atoms with Crippen LogP contribution in [0.25, 0.3) is 0 Å². The minimum absolute atomic E-state index is 0.122. The molecule has 6 nitrogen and oxygen atoms in total. The molecule has 0 bridgehead atoms. The molecule has 0 aliphatic carbocycles. The molecule has 2 rings (SSSR count). The van der Waals surface area contributed by atoms with E-state index in [2.05, 4.69) is 42.2 Å². The van der Waals surface area contributed by atoms with Gasteiger partial charge in [-0.25, -0.2) is 4.98 Å². The van der Waals surface area contributed by atoms with Crippen molar-refractivity contribution in [3.8, 4) is 0 Å². The number of nitrogens with two attached hydrogens (primary N) is 1. The Balaban J connectivity index is 2.29. The molecule has 0 spiro atoms. The zero-order valence-electron chi connectivity index (χ0n) is 9.43. The first-order chi connectivity index (χ1) is 8.97. The maximum Gasteiger partial charge on any atom is 0.311 e. The van der Waals surface area contributed by atoms with Crippen LogP contribution in [0.15, 0.2) is 39.3 Å². The summed E-state index contributed by atoms with van der Waals surface area (Å²) in [6.45, 7) is 0. The van der Waals surface area contributed by atoms with E-state index in [0.29, 0.717) is 5.82 Å². The Hall–Kier alpha value is -1.67. The van der Waals surface area contributed by atoms with Gasteiger partial charge in [-0.3, -0.25) is 10.1 Å². The summed E-state index contributed by atoms with van der Waals surface area (Å²) in [6.07, 6.45) is 0. The van der Waals surface area contributed by atoms with Crippen molar-refractivity contribution in [1.29, 1.82) is 0 Å². The fourth-order valence-electron chi connectivity index (χ4n) is 1.42. The van der Waals surface area contributed by atoms with Gasteiger partial charge in [-0.1, -0.05) is 15.9 Å². The van der Waals surface area contributed by atoms with Crippen molar-refractivity contribution in [2.45, 2.75) is 0 Å². The molecule has 1 heterocycles. The Morgan fingerprint density at radius 2 is 2.00 bits per heavy atom. The number of nitrogens with zero attached hydrogens (tertiary/aromatic N) is 2. The molecule has 0 amide bonds. The van der Waals surface area contributed by atoms with Gasteiger partial charge < -0.3 is 11.1 Å². The third kappa shape index (κ3) is 3.21. The second-order valence-corrected chi connectivity index (χ2v) is 5.38. The van der Waals surface area contributed by atoms with Crippen LogP contribution in [-0.2, 0) is 0 Å². The van der Waals surface area contributed by atoms with E-state index in [1.54, 1.807) is 0 Å². The van der Waals surface area contributed by atoms with Crippen LogP contribution in [0.1, 0.15) is 0 Å². The first-order valence-corrected chi connectivity index (χ1v) is 6.69. The van der Waals surface area contributed by atoms with Crippen LogP contribution in [0.4, 0.5) is 23.0 Å². The molecule has 0 saturated carbocycles. The number of nitrogen functional groups attached to an aromatic ring is 1. The number of aromatic nitrogens is 1. The SMILES string of the molecule is Nc1nc(Nc2ccc(Br)cc2Br)ccc1[N+](=O)[O-]. The molecular weight excluding hydrogens is 380 g/mol. The number of anilines is 3. The summed E-state index contributed by atoms with van der Waals surface area (Å²) in [6, 6.07) is 8.40. The zero-order chi connectivity index (χ0) is 14.0. The van der Waals surface area contributed by atoms with Crippen molar-refractivity contribution < 1.29 is 4.92 Å².